The van der Waals surface area contributed by atoms with E-state index in [9.17, 15) is 0 Å². The second-order valence-electron chi connectivity index (χ2n) is 5.95. The molecule has 0 bridgehead atoms. The summed E-state index contributed by atoms with van der Waals surface area (Å²) in [6.45, 7) is 5.59. The normalized spacial score (nSPS) is 15.1. The summed E-state index contributed by atoms with van der Waals surface area (Å²) in [6.07, 6.45) is 6.21. The van der Waals surface area contributed by atoms with E-state index in [0.29, 0.717) is 6.04 Å². The molecule has 0 saturated carbocycles. The number of nitrogens with one attached hydrogen (secondary N) is 1. The highest BCUT2D eigenvalue weighted by Gasteiger charge is 2.14. The molecule has 1 aromatic heterocycles. The molecule has 3 rings (SSSR count). The Hall–Kier alpha value is -1.12. The topological polar surface area (TPSA) is 12.0 Å². The van der Waals surface area contributed by atoms with Crippen LogP contribution in [0.4, 0.5) is 0 Å². The number of hydrogen-bond donors (Lipinski definition) is 1. The maximum atomic E-state index is 3.65. The van der Waals surface area contributed by atoms with Crippen molar-refractivity contribution in [3.63, 3.8) is 0 Å². The fourth-order valence-electron chi connectivity index (χ4n) is 3.19. The Morgan fingerprint density at radius 2 is 1.95 bits per heavy atom. The molecule has 1 N–H and O–H groups in total. The van der Waals surface area contributed by atoms with Crippen molar-refractivity contribution in [3.05, 3.63) is 46.3 Å². The van der Waals surface area contributed by atoms with Crippen molar-refractivity contribution in [2.75, 3.05) is 6.54 Å². The minimum Gasteiger partial charge on any atom is -0.309 e. The largest absolute Gasteiger partial charge is 0.309 e. The van der Waals surface area contributed by atoms with Crippen molar-refractivity contribution in [3.8, 4) is 10.4 Å². The predicted octanol–water partition coefficient (Wildman–Crippen LogP) is 5.35. The highest BCUT2D eigenvalue weighted by Crippen LogP contribution is 2.34. The Morgan fingerprint density at radius 3 is 2.76 bits per heavy atom. The third-order valence-corrected chi connectivity index (χ3v) is 5.65. The first-order valence-corrected chi connectivity index (χ1v) is 9.08. The maximum Gasteiger partial charge on any atom is 0.0412 e. The van der Waals surface area contributed by atoms with Crippen molar-refractivity contribution >= 4 is 11.3 Å². The monoisotopic (exact) mass is 299 g/mol. The van der Waals surface area contributed by atoms with Gasteiger partial charge in [0.15, 0.2) is 0 Å². The van der Waals surface area contributed by atoms with Crippen LogP contribution in [0, 0.1) is 0 Å². The van der Waals surface area contributed by atoms with E-state index >= 15 is 0 Å². The van der Waals surface area contributed by atoms with Crippen LogP contribution in [0.25, 0.3) is 10.4 Å². The molecule has 1 nitrogen and oxygen atoms in total. The van der Waals surface area contributed by atoms with Gasteiger partial charge in [-0.2, -0.15) is 0 Å². The fourth-order valence-corrected chi connectivity index (χ4v) is 4.35. The van der Waals surface area contributed by atoms with Crippen LogP contribution in [0.15, 0.2) is 30.3 Å². The molecular formula is C19H25NS. The lowest BCUT2D eigenvalue weighted by Crippen LogP contribution is -2.20. The molecule has 21 heavy (non-hydrogen) atoms. The molecule has 2 aromatic rings. The molecule has 0 fully saturated rings. The molecule has 1 aliphatic rings. The molecule has 0 aliphatic heterocycles. The third-order valence-electron chi connectivity index (χ3n) is 4.40. The van der Waals surface area contributed by atoms with Gasteiger partial charge in [-0.1, -0.05) is 32.0 Å². The van der Waals surface area contributed by atoms with E-state index in [2.05, 4.69) is 49.5 Å². The lowest BCUT2D eigenvalue weighted by molar-refractivity contribution is 0.525. The average Bonchev–Trinajstić information content (AvgIpc) is 3.16. The number of aryl methyl sites for hydroxylation is 2. The van der Waals surface area contributed by atoms with Crippen LogP contribution in [0.2, 0.25) is 0 Å². The molecule has 1 heterocycles. The molecular weight excluding hydrogens is 274 g/mol. The van der Waals surface area contributed by atoms with E-state index < -0.39 is 0 Å². The van der Waals surface area contributed by atoms with E-state index in [-0.39, 0.29) is 0 Å². The van der Waals surface area contributed by atoms with Crippen LogP contribution in [-0.2, 0) is 12.8 Å². The highest BCUT2D eigenvalue weighted by atomic mass is 32.1. The molecule has 0 radical (unpaired) electrons. The molecule has 0 spiro atoms. The van der Waals surface area contributed by atoms with Crippen molar-refractivity contribution in [2.24, 2.45) is 0 Å². The van der Waals surface area contributed by atoms with E-state index in [0.717, 1.165) is 13.0 Å². The van der Waals surface area contributed by atoms with Crippen LogP contribution >= 0.6 is 11.3 Å². The van der Waals surface area contributed by atoms with Crippen molar-refractivity contribution in [1.82, 2.24) is 5.32 Å². The summed E-state index contributed by atoms with van der Waals surface area (Å²) in [5.74, 6) is 0. The number of fused-ring (bicyclic) bond motifs is 1. The van der Waals surface area contributed by atoms with Gasteiger partial charge in [0.25, 0.3) is 0 Å². The standard InChI is InChI=1S/C19H25NS/c1-3-12-20-17(4-2)19-11-10-18(21-19)16-9-8-14-6-5-7-15(14)13-16/h8-11,13,17,20H,3-7,12H2,1-2H3. The van der Waals surface area contributed by atoms with Crippen molar-refractivity contribution in [1.29, 1.82) is 0 Å². The third kappa shape index (κ3) is 3.22. The Morgan fingerprint density at radius 1 is 1.10 bits per heavy atom. The van der Waals surface area contributed by atoms with Gasteiger partial charge in [-0.25, -0.2) is 0 Å². The van der Waals surface area contributed by atoms with E-state index in [1.807, 2.05) is 11.3 Å². The summed E-state index contributed by atoms with van der Waals surface area (Å²) < 4.78 is 0. The smallest absolute Gasteiger partial charge is 0.0412 e. The molecule has 1 aromatic carbocycles. The maximum absolute atomic E-state index is 3.65. The first kappa shape index (κ1) is 14.8. The van der Waals surface area contributed by atoms with Crippen LogP contribution in [-0.4, -0.2) is 6.54 Å². The first-order valence-electron chi connectivity index (χ1n) is 8.27. The summed E-state index contributed by atoms with van der Waals surface area (Å²) >= 11 is 1.95. The van der Waals surface area contributed by atoms with Gasteiger partial charge in [-0.05, 0) is 67.5 Å². The highest BCUT2D eigenvalue weighted by molar-refractivity contribution is 7.15. The minimum atomic E-state index is 0.512. The molecule has 2 heteroatoms. The lowest BCUT2D eigenvalue weighted by atomic mass is 10.1. The first-order chi connectivity index (χ1) is 10.3. The summed E-state index contributed by atoms with van der Waals surface area (Å²) in [7, 11) is 0. The summed E-state index contributed by atoms with van der Waals surface area (Å²) in [5, 5.41) is 3.65. The van der Waals surface area contributed by atoms with Gasteiger partial charge in [0.05, 0.1) is 0 Å². The number of thiophene rings is 1. The van der Waals surface area contributed by atoms with Crippen molar-refractivity contribution < 1.29 is 0 Å². The van der Waals surface area contributed by atoms with Gasteiger partial charge in [-0.3, -0.25) is 0 Å². The zero-order valence-corrected chi connectivity index (χ0v) is 13.9. The molecule has 0 amide bonds. The fraction of sp³-hybridized carbons (Fsp3) is 0.474. The van der Waals surface area contributed by atoms with Gasteiger partial charge >= 0.3 is 0 Å². The van der Waals surface area contributed by atoms with Gasteiger partial charge in [0.1, 0.15) is 0 Å². The Kier molecular flexibility index (Phi) is 4.77. The molecule has 112 valence electrons. The SMILES string of the molecule is CCCNC(CC)c1ccc(-c2ccc3c(c2)CCC3)s1. The Balaban J connectivity index is 1.81. The Labute approximate surface area is 132 Å². The number of rotatable bonds is 6. The molecule has 0 saturated heterocycles. The lowest BCUT2D eigenvalue weighted by Gasteiger charge is -2.14. The molecule has 1 aliphatic carbocycles. The quantitative estimate of drug-likeness (QED) is 0.757. The summed E-state index contributed by atoms with van der Waals surface area (Å²) in [5.41, 5.74) is 4.53. The zero-order chi connectivity index (χ0) is 14.7. The van der Waals surface area contributed by atoms with E-state index in [1.165, 1.54) is 41.0 Å². The molecule has 1 atom stereocenters. The summed E-state index contributed by atoms with van der Waals surface area (Å²) in [6, 6.07) is 12.2. The van der Waals surface area contributed by atoms with Crippen molar-refractivity contribution in [2.45, 2.75) is 52.0 Å². The van der Waals surface area contributed by atoms with E-state index in [1.54, 1.807) is 11.1 Å². The predicted molar refractivity (Wildman–Crippen MR) is 93.1 cm³/mol. The van der Waals surface area contributed by atoms with Crippen LogP contribution in [0.1, 0.15) is 55.2 Å². The minimum absolute atomic E-state index is 0.512. The number of hydrogen-bond acceptors (Lipinski definition) is 2. The van der Waals surface area contributed by atoms with Gasteiger partial charge in [0.2, 0.25) is 0 Å². The van der Waals surface area contributed by atoms with Crippen LogP contribution in [0.3, 0.4) is 0 Å². The van der Waals surface area contributed by atoms with E-state index in [4.69, 9.17) is 0 Å². The van der Waals surface area contributed by atoms with Crippen LogP contribution < -0.4 is 5.32 Å². The Bertz CT molecular complexity index is 599. The summed E-state index contributed by atoms with van der Waals surface area (Å²) in [4.78, 5) is 2.89. The van der Waals surface area contributed by atoms with Gasteiger partial charge in [-0.15, -0.1) is 11.3 Å². The van der Waals surface area contributed by atoms with Crippen LogP contribution in [0.5, 0.6) is 0 Å². The number of benzene rings is 1. The van der Waals surface area contributed by atoms with Gasteiger partial charge in [0, 0.05) is 15.8 Å². The zero-order valence-electron chi connectivity index (χ0n) is 13.1. The molecule has 1 unspecified atom stereocenters. The average molecular weight is 299 g/mol. The van der Waals surface area contributed by atoms with Gasteiger partial charge < -0.3 is 5.32 Å². The second kappa shape index (κ2) is 6.76. The second-order valence-corrected chi connectivity index (χ2v) is 7.07.